The molecule has 3 N–H and O–H groups in total. The summed E-state index contributed by atoms with van der Waals surface area (Å²) in [5.74, 6) is -1.72. The molecule has 122 valence electrons. The maximum absolute atomic E-state index is 12.1. The lowest BCUT2D eigenvalue weighted by atomic mass is 10.1. The standard InChI is InChI=1S/C15H17N3O4S/c1-9-2-3-10-7-13(16-12(10)6-9)15(20)18-17-14(19)11-4-5-23(21,22)8-11/h2-3,6-7,11,16H,4-5,8H2,1H3,(H,17,19)(H,18,20)/t11-/m0/s1. The first-order valence-electron chi connectivity index (χ1n) is 7.24. The van der Waals surface area contributed by atoms with E-state index in [1.807, 2.05) is 25.1 Å². The Balaban J connectivity index is 1.63. The van der Waals surface area contributed by atoms with Crippen LogP contribution in [0.5, 0.6) is 0 Å². The summed E-state index contributed by atoms with van der Waals surface area (Å²) in [4.78, 5) is 26.9. The van der Waals surface area contributed by atoms with Gasteiger partial charge in [0.2, 0.25) is 5.91 Å². The number of rotatable bonds is 2. The molecule has 8 heteroatoms. The van der Waals surface area contributed by atoms with Gasteiger partial charge >= 0.3 is 0 Å². The number of aromatic amines is 1. The van der Waals surface area contributed by atoms with E-state index in [0.717, 1.165) is 16.5 Å². The Morgan fingerprint density at radius 3 is 2.70 bits per heavy atom. The van der Waals surface area contributed by atoms with E-state index in [4.69, 9.17) is 0 Å². The molecule has 23 heavy (non-hydrogen) atoms. The second kappa shape index (κ2) is 5.69. The number of benzene rings is 1. The number of hydrogen-bond donors (Lipinski definition) is 3. The molecule has 1 fully saturated rings. The highest BCUT2D eigenvalue weighted by Crippen LogP contribution is 2.18. The van der Waals surface area contributed by atoms with E-state index in [0.29, 0.717) is 5.69 Å². The Kier molecular flexibility index (Phi) is 3.85. The van der Waals surface area contributed by atoms with E-state index in [-0.39, 0.29) is 17.9 Å². The summed E-state index contributed by atoms with van der Waals surface area (Å²) in [5, 5.41) is 0.897. The van der Waals surface area contributed by atoms with E-state index >= 15 is 0 Å². The molecule has 1 aromatic heterocycles. The van der Waals surface area contributed by atoms with Gasteiger partial charge < -0.3 is 4.98 Å². The summed E-state index contributed by atoms with van der Waals surface area (Å²) in [7, 11) is -3.13. The lowest BCUT2D eigenvalue weighted by Crippen LogP contribution is -2.44. The third kappa shape index (κ3) is 3.37. The third-order valence-electron chi connectivity index (χ3n) is 3.93. The van der Waals surface area contributed by atoms with Crippen LogP contribution < -0.4 is 10.9 Å². The number of carbonyl (C=O) groups is 2. The third-order valence-corrected chi connectivity index (χ3v) is 5.69. The molecule has 1 aromatic carbocycles. The zero-order chi connectivity index (χ0) is 16.6. The Hall–Kier alpha value is -2.35. The number of hydrogen-bond acceptors (Lipinski definition) is 4. The number of H-pyrrole nitrogens is 1. The van der Waals surface area contributed by atoms with Gasteiger partial charge in [0.1, 0.15) is 5.69 Å². The van der Waals surface area contributed by atoms with Crippen LogP contribution in [0.4, 0.5) is 0 Å². The predicted molar refractivity (Wildman–Crippen MR) is 85.4 cm³/mol. The molecule has 0 aliphatic carbocycles. The van der Waals surface area contributed by atoms with Gasteiger partial charge in [-0.05, 0) is 31.0 Å². The fourth-order valence-corrected chi connectivity index (χ4v) is 4.39. The van der Waals surface area contributed by atoms with Gasteiger partial charge in [-0.1, -0.05) is 12.1 Å². The van der Waals surface area contributed by atoms with Crippen LogP contribution in [0.2, 0.25) is 0 Å². The number of amides is 2. The lowest BCUT2D eigenvalue weighted by molar-refractivity contribution is -0.125. The monoisotopic (exact) mass is 335 g/mol. The minimum absolute atomic E-state index is 0.0143. The maximum atomic E-state index is 12.1. The van der Waals surface area contributed by atoms with Crippen LogP contribution in [-0.2, 0) is 14.6 Å². The fourth-order valence-electron chi connectivity index (χ4n) is 2.65. The molecule has 1 aliphatic heterocycles. The summed E-state index contributed by atoms with van der Waals surface area (Å²) < 4.78 is 22.7. The fraction of sp³-hybridized carbons (Fsp3) is 0.333. The Morgan fingerprint density at radius 1 is 1.22 bits per heavy atom. The summed E-state index contributed by atoms with van der Waals surface area (Å²) in [5.41, 5.74) is 6.84. The van der Waals surface area contributed by atoms with Crippen LogP contribution in [0.15, 0.2) is 24.3 Å². The van der Waals surface area contributed by atoms with Crippen molar-refractivity contribution in [3.05, 3.63) is 35.5 Å². The molecule has 0 bridgehead atoms. The van der Waals surface area contributed by atoms with E-state index in [1.54, 1.807) is 6.07 Å². The van der Waals surface area contributed by atoms with Crippen molar-refractivity contribution < 1.29 is 18.0 Å². The van der Waals surface area contributed by atoms with Crippen molar-refractivity contribution in [2.45, 2.75) is 13.3 Å². The summed E-state index contributed by atoms with van der Waals surface area (Å²) in [6.45, 7) is 1.95. The van der Waals surface area contributed by atoms with Crippen LogP contribution in [0.25, 0.3) is 10.9 Å². The van der Waals surface area contributed by atoms with E-state index in [1.165, 1.54) is 0 Å². The summed E-state index contributed by atoms with van der Waals surface area (Å²) in [6, 6.07) is 7.46. The van der Waals surface area contributed by atoms with Crippen molar-refractivity contribution in [1.82, 2.24) is 15.8 Å². The topological polar surface area (TPSA) is 108 Å². The average Bonchev–Trinajstić information content (AvgIpc) is 3.07. The number of aromatic nitrogens is 1. The van der Waals surface area contributed by atoms with Crippen molar-refractivity contribution >= 4 is 32.6 Å². The number of carbonyl (C=O) groups excluding carboxylic acids is 2. The Morgan fingerprint density at radius 2 is 2.00 bits per heavy atom. The van der Waals surface area contributed by atoms with Crippen LogP contribution in [0, 0.1) is 12.8 Å². The van der Waals surface area contributed by atoms with Gasteiger partial charge in [0, 0.05) is 10.9 Å². The zero-order valence-corrected chi connectivity index (χ0v) is 13.4. The normalized spacial score (nSPS) is 19.6. The number of aryl methyl sites for hydroxylation is 1. The van der Waals surface area contributed by atoms with E-state index in [2.05, 4.69) is 15.8 Å². The molecular formula is C15H17N3O4S. The van der Waals surface area contributed by atoms with Crippen molar-refractivity contribution in [1.29, 1.82) is 0 Å². The molecule has 3 rings (SSSR count). The number of hydrazine groups is 1. The predicted octanol–water partition coefficient (Wildman–Crippen LogP) is 0.672. The molecule has 0 unspecified atom stereocenters. The minimum Gasteiger partial charge on any atom is -0.350 e. The molecular weight excluding hydrogens is 318 g/mol. The van der Waals surface area contributed by atoms with Crippen LogP contribution in [0.1, 0.15) is 22.5 Å². The van der Waals surface area contributed by atoms with Gasteiger partial charge in [-0.3, -0.25) is 20.4 Å². The van der Waals surface area contributed by atoms with Gasteiger partial charge in [-0.15, -0.1) is 0 Å². The van der Waals surface area contributed by atoms with Crippen molar-refractivity contribution in [3.63, 3.8) is 0 Å². The summed E-state index contributed by atoms with van der Waals surface area (Å²) in [6.07, 6.45) is 0.287. The van der Waals surface area contributed by atoms with Crippen LogP contribution in [-0.4, -0.2) is 36.7 Å². The van der Waals surface area contributed by atoms with E-state index in [9.17, 15) is 18.0 Å². The first kappa shape index (κ1) is 15.5. The number of nitrogens with one attached hydrogen (secondary N) is 3. The molecule has 0 spiro atoms. The smallest absolute Gasteiger partial charge is 0.286 e. The lowest BCUT2D eigenvalue weighted by Gasteiger charge is -2.09. The number of sulfone groups is 1. The first-order chi connectivity index (χ1) is 10.8. The van der Waals surface area contributed by atoms with Crippen molar-refractivity contribution in [3.8, 4) is 0 Å². The second-order valence-electron chi connectivity index (χ2n) is 5.82. The first-order valence-corrected chi connectivity index (χ1v) is 9.06. The van der Waals surface area contributed by atoms with Gasteiger partial charge in [-0.25, -0.2) is 8.42 Å². The highest BCUT2D eigenvalue weighted by Gasteiger charge is 2.33. The highest BCUT2D eigenvalue weighted by atomic mass is 32.2. The molecule has 2 heterocycles. The van der Waals surface area contributed by atoms with Gasteiger partial charge in [0.25, 0.3) is 5.91 Å². The van der Waals surface area contributed by atoms with Crippen LogP contribution in [0.3, 0.4) is 0 Å². The summed E-state index contributed by atoms with van der Waals surface area (Å²) >= 11 is 0. The van der Waals surface area contributed by atoms with Crippen LogP contribution >= 0.6 is 0 Å². The van der Waals surface area contributed by atoms with Gasteiger partial charge in [0.15, 0.2) is 9.84 Å². The molecule has 0 radical (unpaired) electrons. The molecule has 1 atom stereocenters. The SMILES string of the molecule is Cc1ccc2cc(C(=O)NNC(=O)[C@H]3CCS(=O)(=O)C3)[nH]c2c1. The molecule has 1 saturated heterocycles. The van der Waals surface area contributed by atoms with Crippen molar-refractivity contribution in [2.75, 3.05) is 11.5 Å². The zero-order valence-electron chi connectivity index (χ0n) is 12.5. The van der Waals surface area contributed by atoms with E-state index < -0.39 is 27.6 Å². The van der Waals surface area contributed by atoms with Crippen molar-refractivity contribution in [2.24, 2.45) is 5.92 Å². The number of fused-ring (bicyclic) bond motifs is 1. The largest absolute Gasteiger partial charge is 0.350 e. The Bertz CT molecular complexity index is 885. The molecule has 1 aliphatic rings. The molecule has 0 saturated carbocycles. The highest BCUT2D eigenvalue weighted by molar-refractivity contribution is 7.91. The Labute approximate surface area is 133 Å². The molecule has 2 amide bonds. The quantitative estimate of drug-likeness (QED) is 0.701. The second-order valence-corrected chi connectivity index (χ2v) is 8.05. The minimum atomic E-state index is -3.13. The maximum Gasteiger partial charge on any atom is 0.286 e. The average molecular weight is 335 g/mol. The van der Waals surface area contributed by atoms with Gasteiger partial charge in [-0.2, -0.15) is 0 Å². The van der Waals surface area contributed by atoms with Gasteiger partial charge in [0.05, 0.1) is 17.4 Å². The molecule has 2 aromatic rings. The molecule has 7 nitrogen and oxygen atoms in total.